The van der Waals surface area contributed by atoms with Gasteiger partial charge in [-0.25, -0.2) is 0 Å². The molecule has 0 spiro atoms. The fourth-order valence-electron chi connectivity index (χ4n) is 5.90. The molecule has 2 N–H and O–H groups in total. The number of esters is 1. The summed E-state index contributed by atoms with van der Waals surface area (Å²) in [6, 6.07) is 0. The van der Waals surface area contributed by atoms with E-state index < -0.39 is 29.0 Å². The van der Waals surface area contributed by atoms with E-state index in [1.807, 2.05) is 13.8 Å². The van der Waals surface area contributed by atoms with Gasteiger partial charge in [0.2, 0.25) is 0 Å². The number of allylic oxidation sites excluding steroid dienone is 3. The molecule has 3 aliphatic rings. The van der Waals surface area contributed by atoms with Crippen molar-refractivity contribution in [2.45, 2.75) is 84.3 Å². The van der Waals surface area contributed by atoms with Gasteiger partial charge in [-0.3, -0.25) is 9.59 Å². The molecule has 4 unspecified atom stereocenters. The van der Waals surface area contributed by atoms with Crippen LogP contribution < -0.4 is 0 Å². The van der Waals surface area contributed by atoms with E-state index in [1.54, 1.807) is 13.0 Å². The summed E-state index contributed by atoms with van der Waals surface area (Å²) in [7, 11) is 0. The maximum Gasteiger partial charge on any atom is 0.320 e. The number of aliphatic hydroxyl groups excluding tert-OH is 1. The van der Waals surface area contributed by atoms with E-state index in [-0.39, 0.29) is 24.3 Å². The molecule has 0 radical (unpaired) electrons. The lowest BCUT2D eigenvalue weighted by atomic mass is 9.61. The minimum Gasteiger partial charge on any atom is -0.462 e. The van der Waals surface area contributed by atoms with Gasteiger partial charge in [-0.05, 0) is 63.0 Å². The third kappa shape index (κ3) is 4.07. The van der Waals surface area contributed by atoms with Crippen molar-refractivity contribution < 1.29 is 24.5 Å². The van der Waals surface area contributed by atoms with Crippen LogP contribution in [0.25, 0.3) is 0 Å². The lowest BCUT2D eigenvalue weighted by molar-refractivity contribution is -0.179. The molecule has 1 saturated carbocycles. The topological polar surface area (TPSA) is 83.8 Å². The fraction of sp³-hybridized carbons (Fsp3) is 0.692. The first-order valence-electron chi connectivity index (χ1n) is 11.7. The summed E-state index contributed by atoms with van der Waals surface area (Å²) >= 11 is 0. The van der Waals surface area contributed by atoms with E-state index in [1.165, 1.54) is 5.57 Å². The van der Waals surface area contributed by atoms with Gasteiger partial charge in [0.05, 0.1) is 6.10 Å². The molecule has 31 heavy (non-hydrogen) atoms. The minimum atomic E-state index is -1.35. The van der Waals surface area contributed by atoms with Crippen molar-refractivity contribution in [1.29, 1.82) is 0 Å². The van der Waals surface area contributed by atoms with Gasteiger partial charge >= 0.3 is 5.97 Å². The Kier molecular flexibility index (Phi) is 6.97. The molecule has 3 rings (SSSR count). The first kappa shape index (κ1) is 23.9. The third-order valence-electron chi connectivity index (χ3n) is 8.00. The standard InChI is InChI=1S/C26H38O5/c1-6-19-10-7-11-21-17(4)9-8-13-26(19,21)24(29)31-15-25(30)14-12-20(22(27)16(2)3)23(28)18(25)5/h6,10,16,18,20,23,28,30H,1,7-9,11-15H2,2-5H3/t18?,20?,23?,25?,26-/m0/s1. The Morgan fingerprint density at radius 2 is 2.03 bits per heavy atom. The quantitative estimate of drug-likeness (QED) is 0.485. The summed E-state index contributed by atoms with van der Waals surface area (Å²) < 4.78 is 5.82. The van der Waals surface area contributed by atoms with Gasteiger partial charge in [0, 0.05) is 17.8 Å². The molecule has 0 aliphatic heterocycles. The summed E-state index contributed by atoms with van der Waals surface area (Å²) in [5.74, 6) is -1.52. The molecule has 0 heterocycles. The molecule has 1 fully saturated rings. The largest absolute Gasteiger partial charge is 0.462 e. The maximum absolute atomic E-state index is 13.5. The highest BCUT2D eigenvalue weighted by Gasteiger charge is 2.52. The van der Waals surface area contributed by atoms with Crippen molar-refractivity contribution in [3.63, 3.8) is 0 Å². The second kappa shape index (κ2) is 9.03. The van der Waals surface area contributed by atoms with Crippen LogP contribution in [0.15, 0.2) is 35.5 Å². The van der Waals surface area contributed by atoms with Crippen LogP contribution in [0.5, 0.6) is 0 Å². The summed E-state index contributed by atoms with van der Waals surface area (Å²) in [5, 5.41) is 22.0. The van der Waals surface area contributed by atoms with Gasteiger partial charge in [-0.15, -0.1) is 0 Å². The normalized spacial score (nSPS) is 36.0. The molecule has 5 nitrogen and oxygen atoms in total. The van der Waals surface area contributed by atoms with Gasteiger partial charge in [0.25, 0.3) is 0 Å². The highest BCUT2D eigenvalue weighted by Crippen LogP contribution is 2.52. The zero-order valence-electron chi connectivity index (χ0n) is 19.4. The van der Waals surface area contributed by atoms with Crippen LogP contribution in [-0.4, -0.2) is 40.3 Å². The summed E-state index contributed by atoms with van der Waals surface area (Å²) in [4.78, 5) is 26.0. The van der Waals surface area contributed by atoms with E-state index in [9.17, 15) is 19.8 Å². The van der Waals surface area contributed by atoms with Crippen molar-refractivity contribution in [2.24, 2.45) is 23.2 Å². The van der Waals surface area contributed by atoms with Gasteiger partial charge < -0.3 is 14.9 Å². The predicted molar refractivity (Wildman–Crippen MR) is 120 cm³/mol. The van der Waals surface area contributed by atoms with E-state index >= 15 is 0 Å². The van der Waals surface area contributed by atoms with Gasteiger partial charge in [0.15, 0.2) is 0 Å². The number of hydrogen-bond donors (Lipinski definition) is 2. The first-order chi connectivity index (χ1) is 14.6. The Labute approximate surface area is 186 Å². The second-order valence-electron chi connectivity index (χ2n) is 10.1. The highest BCUT2D eigenvalue weighted by atomic mass is 16.5. The molecule has 0 bridgehead atoms. The van der Waals surface area contributed by atoms with Crippen LogP contribution in [0.4, 0.5) is 0 Å². The Morgan fingerprint density at radius 1 is 1.32 bits per heavy atom. The number of hydrogen-bond acceptors (Lipinski definition) is 5. The molecule has 0 saturated heterocycles. The molecular weight excluding hydrogens is 392 g/mol. The Hall–Kier alpha value is -1.72. The molecule has 0 aromatic rings. The van der Waals surface area contributed by atoms with Crippen LogP contribution in [0.3, 0.4) is 0 Å². The molecule has 0 aromatic carbocycles. The molecule has 0 amide bonds. The summed E-state index contributed by atoms with van der Waals surface area (Å²) in [5.41, 5.74) is 1.16. The highest BCUT2D eigenvalue weighted by molar-refractivity contribution is 5.87. The number of rotatable bonds is 6. The average molecular weight is 431 g/mol. The predicted octanol–water partition coefficient (Wildman–Crippen LogP) is 4.29. The first-order valence-corrected chi connectivity index (χ1v) is 11.7. The number of ketones is 1. The van der Waals surface area contributed by atoms with Crippen LogP contribution in [-0.2, 0) is 14.3 Å². The number of fused-ring (bicyclic) bond motifs is 1. The second-order valence-corrected chi connectivity index (χ2v) is 10.1. The number of carbonyl (C=O) groups is 2. The zero-order chi connectivity index (χ0) is 23.0. The van der Waals surface area contributed by atoms with Crippen LogP contribution in [0.2, 0.25) is 0 Å². The van der Waals surface area contributed by atoms with E-state index in [2.05, 4.69) is 19.6 Å². The fourth-order valence-corrected chi connectivity index (χ4v) is 5.90. The third-order valence-corrected chi connectivity index (χ3v) is 8.00. The van der Waals surface area contributed by atoms with Crippen LogP contribution in [0.1, 0.15) is 72.6 Å². The molecule has 0 aromatic heterocycles. The lowest BCUT2D eigenvalue weighted by Gasteiger charge is -2.46. The molecule has 172 valence electrons. The number of aliphatic hydroxyl groups is 2. The van der Waals surface area contributed by atoms with Crippen molar-refractivity contribution in [2.75, 3.05) is 6.61 Å². The number of Topliss-reactive ketones (excluding diaryl/α,β-unsaturated/α-hetero) is 1. The van der Waals surface area contributed by atoms with Gasteiger partial charge in [-0.1, -0.05) is 45.1 Å². The van der Waals surface area contributed by atoms with E-state index in [0.29, 0.717) is 19.3 Å². The van der Waals surface area contributed by atoms with Crippen LogP contribution in [0, 0.1) is 23.2 Å². The maximum atomic E-state index is 13.5. The molecule has 5 atom stereocenters. The van der Waals surface area contributed by atoms with E-state index in [0.717, 1.165) is 36.8 Å². The zero-order valence-corrected chi connectivity index (χ0v) is 19.4. The van der Waals surface area contributed by atoms with Crippen molar-refractivity contribution in [3.05, 3.63) is 35.5 Å². The monoisotopic (exact) mass is 430 g/mol. The SMILES string of the molecule is C=CC1=CCCC2=C(C)CCC[C@]12C(=O)OCC1(O)CCC(C(=O)C(C)C)C(O)C1C. The number of ether oxygens (including phenoxy) is 1. The van der Waals surface area contributed by atoms with Crippen LogP contribution >= 0.6 is 0 Å². The van der Waals surface area contributed by atoms with Gasteiger partial charge in [-0.2, -0.15) is 0 Å². The lowest BCUT2D eigenvalue weighted by Crippen LogP contribution is -2.55. The Balaban J connectivity index is 1.79. The van der Waals surface area contributed by atoms with Gasteiger partial charge in [0.1, 0.15) is 23.4 Å². The molecular formula is C26H38O5. The van der Waals surface area contributed by atoms with E-state index in [4.69, 9.17) is 4.74 Å². The molecule has 3 aliphatic carbocycles. The number of carbonyl (C=O) groups excluding carboxylic acids is 2. The Morgan fingerprint density at radius 3 is 2.68 bits per heavy atom. The smallest absolute Gasteiger partial charge is 0.320 e. The van der Waals surface area contributed by atoms with Crippen molar-refractivity contribution in [3.8, 4) is 0 Å². The van der Waals surface area contributed by atoms with Crippen molar-refractivity contribution >= 4 is 11.8 Å². The Bertz CT molecular complexity index is 807. The summed E-state index contributed by atoms with van der Waals surface area (Å²) in [6.07, 6.45) is 7.95. The molecule has 5 heteroatoms. The summed E-state index contributed by atoms with van der Waals surface area (Å²) in [6.45, 7) is 11.3. The van der Waals surface area contributed by atoms with Crippen molar-refractivity contribution in [1.82, 2.24) is 0 Å². The average Bonchev–Trinajstić information content (AvgIpc) is 2.75. The minimum absolute atomic E-state index is 0.0210.